The van der Waals surface area contributed by atoms with Crippen LogP contribution in [0.3, 0.4) is 0 Å². The lowest BCUT2D eigenvalue weighted by atomic mass is 10.0. The van der Waals surface area contributed by atoms with E-state index < -0.39 is 6.10 Å². The van der Waals surface area contributed by atoms with Crippen LogP contribution in [0.5, 0.6) is 5.75 Å². The third-order valence-electron chi connectivity index (χ3n) is 3.93. The Morgan fingerprint density at radius 2 is 2.04 bits per heavy atom. The highest BCUT2D eigenvalue weighted by Gasteiger charge is 2.21. The molecule has 1 aromatic carbocycles. The highest BCUT2D eigenvalue weighted by molar-refractivity contribution is 5.94. The Kier molecular flexibility index (Phi) is 5.62. The second kappa shape index (κ2) is 7.49. The van der Waals surface area contributed by atoms with Crippen LogP contribution in [0.2, 0.25) is 0 Å². The zero-order valence-electron chi connectivity index (χ0n) is 14.6. The van der Waals surface area contributed by atoms with Gasteiger partial charge in [0.25, 0.3) is 5.91 Å². The Bertz CT molecular complexity index is 707. The predicted octanol–water partition coefficient (Wildman–Crippen LogP) is 2.54. The van der Waals surface area contributed by atoms with E-state index in [2.05, 4.69) is 18.9 Å². The lowest BCUT2D eigenvalue weighted by molar-refractivity contribution is 0.0760. The van der Waals surface area contributed by atoms with Gasteiger partial charge in [0.15, 0.2) is 11.4 Å². The maximum atomic E-state index is 12.4. The quantitative estimate of drug-likeness (QED) is 0.852. The third kappa shape index (κ3) is 4.14. The van der Waals surface area contributed by atoms with Crippen LogP contribution in [-0.2, 0) is 0 Å². The Hall–Kier alpha value is -2.34. The second-order valence-corrected chi connectivity index (χ2v) is 6.42. The van der Waals surface area contributed by atoms with Crippen molar-refractivity contribution in [3.8, 4) is 11.4 Å². The molecule has 1 atom stereocenters. The van der Waals surface area contributed by atoms with Gasteiger partial charge in [0.1, 0.15) is 0 Å². The highest BCUT2D eigenvalue weighted by Crippen LogP contribution is 2.22. The van der Waals surface area contributed by atoms with Crippen molar-refractivity contribution in [1.29, 1.82) is 0 Å². The van der Waals surface area contributed by atoms with Crippen molar-refractivity contribution in [2.45, 2.75) is 39.2 Å². The van der Waals surface area contributed by atoms with Gasteiger partial charge < -0.3 is 15.1 Å². The summed E-state index contributed by atoms with van der Waals surface area (Å²) in [7, 11) is 1.63. The molecule has 0 saturated heterocycles. The first-order chi connectivity index (χ1) is 11.3. The molecule has 0 aliphatic heterocycles. The Labute approximate surface area is 142 Å². The number of carbonyl (C=O) groups is 1. The average molecular weight is 331 g/mol. The maximum absolute atomic E-state index is 12.4. The van der Waals surface area contributed by atoms with Crippen LogP contribution < -0.4 is 0 Å². The molecular formula is C18H25N3O3. The van der Waals surface area contributed by atoms with Crippen molar-refractivity contribution in [3.05, 3.63) is 41.7 Å². The predicted molar refractivity (Wildman–Crippen MR) is 92.6 cm³/mol. The molecule has 0 spiro atoms. The summed E-state index contributed by atoms with van der Waals surface area (Å²) in [6, 6.07) is 7.83. The number of hydrogen-bond acceptors (Lipinski definition) is 4. The number of aliphatic hydroxyl groups excluding tert-OH is 1. The number of rotatable bonds is 6. The van der Waals surface area contributed by atoms with E-state index in [4.69, 9.17) is 0 Å². The standard InChI is InChI=1S/C18H25N3O3/c1-12(2)14-6-5-7-15(10-14)21-11-16(23)17(19-21)18(24)20(4)9-8-13(3)22/h5-7,10-13,22-23H,8-9H2,1-4H3. The first kappa shape index (κ1) is 18.0. The SMILES string of the molecule is CC(O)CCN(C)C(=O)c1nn(-c2cccc(C(C)C)c2)cc1O. The summed E-state index contributed by atoms with van der Waals surface area (Å²) in [6.07, 6.45) is 1.43. The number of nitrogens with zero attached hydrogens (tertiary/aromatic N) is 3. The molecule has 1 unspecified atom stereocenters. The topological polar surface area (TPSA) is 78.6 Å². The van der Waals surface area contributed by atoms with E-state index in [9.17, 15) is 15.0 Å². The number of aliphatic hydroxyl groups is 1. The van der Waals surface area contributed by atoms with Gasteiger partial charge in [-0.15, -0.1) is 0 Å². The average Bonchev–Trinajstić information content (AvgIpc) is 2.93. The van der Waals surface area contributed by atoms with Crippen molar-refractivity contribution in [2.75, 3.05) is 13.6 Å². The van der Waals surface area contributed by atoms with E-state index in [1.165, 1.54) is 15.8 Å². The van der Waals surface area contributed by atoms with E-state index in [-0.39, 0.29) is 17.4 Å². The fourth-order valence-electron chi connectivity index (χ4n) is 2.34. The molecule has 0 bridgehead atoms. The van der Waals surface area contributed by atoms with Gasteiger partial charge in [0.2, 0.25) is 0 Å². The van der Waals surface area contributed by atoms with Crippen molar-refractivity contribution < 1.29 is 15.0 Å². The molecule has 0 aliphatic rings. The molecule has 0 saturated carbocycles. The van der Waals surface area contributed by atoms with Crippen LogP contribution in [0.25, 0.3) is 5.69 Å². The number of aromatic nitrogens is 2. The van der Waals surface area contributed by atoms with E-state index in [1.807, 2.05) is 24.3 Å². The molecule has 0 aliphatic carbocycles. The minimum absolute atomic E-state index is 0.0121. The fourth-order valence-corrected chi connectivity index (χ4v) is 2.34. The fraction of sp³-hybridized carbons (Fsp3) is 0.444. The largest absolute Gasteiger partial charge is 0.504 e. The van der Waals surface area contributed by atoms with Crippen LogP contribution in [0.1, 0.15) is 49.2 Å². The minimum Gasteiger partial charge on any atom is -0.504 e. The Balaban J connectivity index is 2.24. The number of hydrogen-bond donors (Lipinski definition) is 2. The zero-order valence-corrected chi connectivity index (χ0v) is 14.6. The van der Waals surface area contributed by atoms with Crippen molar-refractivity contribution in [3.63, 3.8) is 0 Å². The molecule has 0 radical (unpaired) electrons. The van der Waals surface area contributed by atoms with Crippen LogP contribution in [0.15, 0.2) is 30.5 Å². The molecule has 2 rings (SSSR count). The molecule has 1 amide bonds. The van der Waals surface area contributed by atoms with Crippen molar-refractivity contribution in [1.82, 2.24) is 14.7 Å². The second-order valence-electron chi connectivity index (χ2n) is 6.42. The first-order valence-corrected chi connectivity index (χ1v) is 8.12. The van der Waals surface area contributed by atoms with Gasteiger partial charge in [0, 0.05) is 13.6 Å². The van der Waals surface area contributed by atoms with Gasteiger partial charge in [-0.05, 0) is 37.0 Å². The van der Waals surface area contributed by atoms with Gasteiger partial charge in [-0.25, -0.2) is 4.68 Å². The van der Waals surface area contributed by atoms with Crippen molar-refractivity contribution >= 4 is 5.91 Å². The minimum atomic E-state index is -0.481. The van der Waals surface area contributed by atoms with E-state index in [1.54, 1.807) is 14.0 Å². The molecule has 24 heavy (non-hydrogen) atoms. The molecular weight excluding hydrogens is 306 g/mol. The Morgan fingerprint density at radius 3 is 2.67 bits per heavy atom. The maximum Gasteiger partial charge on any atom is 0.277 e. The summed E-state index contributed by atoms with van der Waals surface area (Å²) >= 11 is 0. The van der Waals surface area contributed by atoms with Gasteiger partial charge >= 0.3 is 0 Å². The van der Waals surface area contributed by atoms with Gasteiger partial charge in [-0.1, -0.05) is 26.0 Å². The number of benzene rings is 1. The van der Waals surface area contributed by atoms with Crippen LogP contribution >= 0.6 is 0 Å². The molecule has 6 heteroatoms. The molecule has 0 fully saturated rings. The van der Waals surface area contributed by atoms with E-state index in [0.29, 0.717) is 18.9 Å². The summed E-state index contributed by atoms with van der Waals surface area (Å²) in [5, 5.41) is 23.7. The highest BCUT2D eigenvalue weighted by atomic mass is 16.3. The number of aromatic hydroxyl groups is 1. The smallest absolute Gasteiger partial charge is 0.277 e. The summed E-state index contributed by atoms with van der Waals surface area (Å²) in [6.45, 7) is 6.27. The lowest BCUT2D eigenvalue weighted by Gasteiger charge is -2.16. The monoisotopic (exact) mass is 331 g/mol. The van der Waals surface area contributed by atoms with Gasteiger partial charge in [-0.2, -0.15) is 5.10 Å². The van der Waals surface area contributed by atoms with Crippen LogP contribution in [0.4, 0.5) is 0 Å². The molecule has 2 N–H and O–H groups in total. The Morgan fingerprint density at radius 1 is 1.33 bits per heavy atom. The normalized spacial score (nSPS) is 12.4. The summed E-state index contributed by atoms with van der Waals surface area (Å²) < 4.78 is 1.51. The lowest BCUT2D eigenvalue weighted by Crippen LogP contribution is -2.29. The number of carbonyl (C=O) groups excluding carboxylic acids is 1. The van der Waals surface area contributed by atoms with Gasteiger partial charge in [-0.3, -0.25) is 4.79 Å². The third-order valence-corrected chi connectivity index (χ3v) is 3.93. The molecule has 6 nitrogen and oxygen atoms in total. The van der Waals surface area contributed by atoms with Crippen molar-refractivity contribution in [2.24, 2.45) is 0 Å². The van der Waals surface area contributed by atoms with E-state index in [0.717, 1.165) is 11.3 Å². The van der Waals surface area contributed by atoms with E-state index >= 15 is 0 Å². The van der Waals surface area contributed by atoms with Crippen LogP contribution in [0, 0.1) is 0 Å². The first-order valence-electron chi connectivity index (χ1n) is 8.12. The zero-order chi connectivity index (χ0) is 17.9. The molecule has 1 aromatic heterocycles. The van der Waals surface area contributed by atoms with Gasteiger partial charge in [0.05, 0.1) is 18.0 Å². The molecule has 2 aromatic rings. The number of amides is 1. The van der Waals surface area contributed by atoms with Crippen LogP contribution in [-0.4, -0.2) is 50.5 Å². The molecule has 130 valence electrons. The summed E-state index contributed by atoms with van der Waals surface area (Å²) in [4.78, 5) is 13.9. The summed E-state index contributed by atoms with van der Waals surface area (Å²) in [5.74, 6) is -0.146. The summed E-state index contributed by atoms with van der Waals surface area (Å²) in [5.41, 5.74) is 1.96. The molecule has 1 heterocycles.